The van der Waals surface area contributed by atoms with E-state index >= 15 is 0 Å². The quantitative estimate of drug-likeness (QED) is 0.868. The number of carbonyl (C=O) groups is 2. The van der Waals surface area contributed by atoms with Gasteiger partial charge >= 0.3 is 6.03 Å². The molecule has 118 valence electrons. The smallest absolute Gasteiger partial charge is 0.323 e. The summed E-state index contributed by atoms with van der Waals surface area (Å²) in [6, 6.07) is 5.18. The monoisotopic (exact) mass is 311 g/mol. The van der Waals surface area contributed by atoms with Crippen LogP contribution in [0.2, 0.25) is 0 Å². The fourth-order valence-electron chi connectivity index (χ4n) is 3.03. The van der Waals surface area contributed by atoms with Crippen molar-refractivity contribution in [3.05, 3.63) is 42.4 Å². The fraction of sp³-hybridized carbons (Fsp3) is 0.375. The summed E-state index contributed by atoms with van der Waals surface area (Å²) in [5.74, 6) is 0.823. The van der Waals surface area contributed by atoms with Crippen molar-refractivity contribution in [2.24, 2.45) is 5.92 Å². The molecule has 23 heavy (non-hydrogen) atoms. The number of imide groups is 1. The van der Waals surface area contributed by atoms with Gasteiger partial charge in [0.25, 0.3) is 5.91 Å². The molecule has 4 rings (SSSR count). The van der Waals surface area contributed by atoms with E-state index in [1.54, 1.807) is 23.3 Å². The molecule has 2 fully saturated rings. The van der Waals surface area contributed by atoms with Crippen molar-refractivity contribution in [1.82, 2.24) is 25.0 Å². The molecule has 1 atom stereocenters. The maximum absolute atomic E-state index is 12.6. The van der Waals surface area contributed by atoms with Crippen LogP contribution in [-0.4, -0.2) is 37.1 Å². The van der Waals surface area contributed by atoms with E-state index in [1.165, 1.54) is 4.90 Å². The van der Waals surface area contributed by atoms with Crippen LogP contribution < -0.4 is 5.32 Å². The number of nitrogens with zero attached hydrogens (tertiary/aromatic N) is 4. The predicted molar refractivity (Wildman–Crippen MR) is 81.6 cm³/mol. The van der Waals surface area contributed by atoms with Crippen molar-refractivity contribution >= 4 is 11.9 Å². The summed E-state index contributed by atoms with van der Waals surface area (Å²) in [4.78, 5) is 30.3. The first-order chi connectivity index (χ1) is 11.1. The van der Waals surface area contributed by atoms with Crippen molar-refractivity contribution in [1.29, 1.82) is 0 Å². The van der Waals surface area contributed by atoms with Gasteiger partial charge in [0.15, 0.2) is 5.82 Å². The van der Waals surface area contributed by atoms with Crippen LogP contribution in [0.1, 0.15) is 25.3 Å². The molecular formula is C16H17N5O2. The number of rotatable bonds is 4. The van der Waals surface area contributed by atoms with Gasteiger partial charge in [0.1, 0.15) is 5.54 Å². The first-order valence-electron chi connectivity index (χ1n) is 7.67. The number of hydrogen-bond acceptors (Lipinski definition) is 4. The minimum absolute atomic E-state index is 0.138. The molecule has 7 heteroatoms. The molecule has 1 N–H and O–H groups in total. The van der Waals surface area contributed by atoms with Gasteiger partial charge in [0, 0.05) is 18.6 Å². The predicted octanol–water partition coefficient (Wildman–Crippen LogP) is 1.49. The van der Waals surface area contributed by atoms with Crippen molar-refractivity contribution in [2.45, 2.75) is 31.8 Å². The lowest BCUT2D eigenvalue weighted by atomic mass is 9.96. The Balaban J connectivity index is 1.52. The number of nitrogens with one attached hydrogen (secondary N) is 1. The lowest BCUT2D eigenvalue weighted by molar-refractivity contribution is -0.131. The highest BCUT2D eigenvalue weighted by atomic mass is 16.2. The summed E-state index contributed by atoms with van der Waals surface area (Å²) in [7, 11) is 0. The molecule has 3 amide bonds. The molecule has 1 saturated carbocycles. The van der Waals surface area contributed by atoms with Crippen molar-refractivity contribution in [2.75, 3.05) is 0 Å². The first-order valence-corrected chi connectivity index (χ1v) is 7.67. The van der Waals surface area contributed by atoms with Crippen LogP contribution in [0.4, 0.5) is 4.79 Å². The Kier molecular flexibility index (Phi) is 2.97. The van der Waals surface area contributed by atoms with E-state index in [1.807, 2.05) is 25.1 Å². The highest BCUT2D eigenvalue weighted by Gasteiger charge is 2.55. The maximum atomic E-state index is 12.6. The van der Waals surface area contributed by atoms with Crippen LogP contribution in [0, 0.1) is 5.92 Å². The molecule has 7 nitrogen and oxygen atoms in total. The van der Waals surface area contributed by atoms with Gasteiger partial charge in [-0.2, -0.15) is 5.10 Å². The molecule has 1 saturated heterocycles. The Morgan fingerprint density at radius 1 is 1.35 bits per heavy atom. The Hall–Kier alpha value is -2.70. The van der Waals surface area contributed by atoms with Gasteiger partial charge in [-0.1, -0.05) is 6.07 Å². The third-order valence-electron chi connectivity index (χ3n) is 4.58. The Morgan fingerprint density at radius 2 is 2.17 bits per heavy atom. The highest BCUT2D eigenvalue weighted by Crippen LogP contribution is 2.42. The second kappa shape index (κ2) is 4.91. The third-order valence-corrected chi connectivity index (χ3v) is 4.58. The van der Waals surface area contributed by atoms with Gasteiger partial charge < -0.3 is 5.32 Å². The molecule has 0 spiro atoms. The molecule has 0 bridgehead atoms. The van der Waals surface area contributed by atoms with Crippen LogP contribution in [-0.2, 0) is 11.3 Å². The number of carbonyl (C=O) groups excluding carboxylic acids is 2. The van der Waals surface area contributed by atoms with Gasteiger partial charge in [0.2, 0.25) is 0 Å². The highest BCUT2D eigenvalue weighted by molar-refractivity contribution is 6.07. The molecule has 0 radical (unpaired) electrons. The standard InChI is InChI=1S/C16H17N5O2/c1-16(12-4-5-12)14(22)20(15(23)19-16)10-11-3-6-13(17-9-11)21-8-2-7-18-21/h2-3,6-9,12H,4-5,10H2,1H3,(H,19,23)/t16-/m1/s1. The SMILES string of the molecule is C[C@]1(C2CC2)NC(=O)N(Cc2ccc(-n3cccn3)nc2)C1=O. The average Bonchev–Trinajstić information content (AvgIpc) is 3.23. The molecule has 2 aromatic rings. The molecule has 2 aliphatic rings. The minimum atomic E-state index is -0.737. The summed E-state index contributed by atoms with van der Waals surface area (Å²) in [6.45, 7) is 2.06. The largest absolute Gasteiger partial charge is 0.325 e. The van der Waals surface area contributed by atoms with Crippen LogP contribution in [0.25, 0.3) is 5.82 Å². The average molecular weight is 311 g/mol. The zero-order valence-electron chi connectivity index (χ0n) is 12.8. The molecule has 0 aromatic carbocycles. The van der Waals surface area contributed by atoms with E-state index < -0.39 is 5.54 Å². The Bertz CT molecular complexity index is 751. The van der Waals surface area contributed by atoms with Gasteiger partial charge in [-0.3, -0.25) is 9.69 Å². The number of pyridine rings is 1. The van der Waals surface area contributed by atoms with E-state index in [9.17, 15) is 9.59 Å². The number of urea groups is 1. The lowest BCUT2D eigenvalue weighted by Crippen LogP contribution is -2.46. The summed E-state index contributed by atoms with van der Waals surface area (Å²) in [5, 5.41) is 6.96. The second-order valence-corrected chi connectivity index (χ2v) is 6.27. The zero-order valence-corrected chi connectivity index (χ0v) is 12.8. The summed E-state index contributed by atoms with van der Waals surface area (Å²) >= 11 is 0. The van der Waals surface area contributed by atoms with Gasteiger partial charge in [0.05, 0.1) is 6.54 Å². The molecule has 2 aromatic heterocycles. The van der Waals surface area contributed by atoms with Crippen LogP contribution in [0.5, 0.6) is 0 Å². The molecular weight excluding hydrogens is 294 g/mol. The van der Waals surface area contributed by atoms with E-state index in [0.29, 0.717) is 5.82 Å². The molecule has 1 aliphatic carbocycles. The van der Waals surface area contributed by atoms with Crippen molar-refractivity contribution in [3.63, 3.8) is 0 Å². The number of aromatic nitrogens is 3. The topological polar surface area (TPSA) is 80.1 Å². The summed E-state index contributed by atoms with van der Waals surface area (Å²) in [6.07, 6.45) is 7.15. The summed E-state index contributed by atoms with van der Waals surface area (Å²) < 4.78 is 1.65. The Labute approximate surface area is 133 Å². The molecule has 3 heterocycles. The van der Waals surface area contributed by atoms with Crippen molar-refractivity contribution < 1.29 is 9.59 Å². The zero-order chi connectivity index (χ0) is 16.0. The first kappa shape index (κ1) is 13.9. The third kappa shape index (κ3) is 2.28. The van der Waals surface area contributed by atoms with E-state index in [4.69, 9.17) is 0 Å². The van der Waals surface area contributed by atoms with Crippen LogP contribution in [0.3, 0.4) is 0 Å². The van der Waals surface area contributed by atoms with Gasteiger partial charge in [-0.05, 0) is 43.4 Å². The molecule has 1 aliphatic heterocycles. The number of hydrogen-bond donors (Lipinski definition) is 1. The Morgan fingerprint density at radius 3 is 2.78 bits per heavy atom. The minimum Gasteiger partial charge on any atom is -0.323 e. The fourth-order valence-corrected chi connectivity index (χ4v) is 3.03. The summed E-state index contributed by atoms with van der Waals surface area (Å²) in [5.41, 5.74) is 0.0731. The van der Waals surface area contributed by atoms with Crippen LogP contribution in [0.15, 0.2) is 36.8 Å². The molecule has 0 unspecified atom stereocenters. The normalized spacial score (nSPS) is 24.1. The van der Waals surface area contributed by atoms with E-state index in [-0.39, 0.29) is 24.4 Å². The van der Waals surface area contributed by atoms with E-state index in [2.05, 4.69) is 15.4 Å². The van der Waals surface area contributed by atoms with E-state index in [0.717, 1.165) is 18.4 Å². The second-order valence-electron chi connectivity index (χ2n) is 6.27. The van der Waals surface area contributed by atoms with Crippen molar-refractivity contribution in [3.8, 4) is 5.82 Å². The maximum Gasteiger partial charge on any atom is 0.325 e. The van der Waals surface area contributed by atoms with Gasteiger partial charge in [-0.25, -0.2) is 14.5 Å². The van der Waals surface area contributed by atoms with Crippen LogP contribution >= 0.6 is 0 Å². The lowest BCUT2D eigenvalue weighted by Gasteiger charge is -2.20. The van der Waals surface area contributed by atoms with Gasteiger partial charge in [-0.15, -0.1) is 0 Å². The number of amides is 3.